The molecule has 0 saturated carbocycles. The Morgan fingerprint density at radius 1 is 1.53 bits per heavy atom. The van der Waals surface area contributed by atoms with Gasteiger partial charge in [-0.25, -0.2) is 0 Å². The summed E-state index contributed by atoms with van der Waals surface area (Å²) in [5.41, 5.74) is 0.769. The van der Waals surface area contributed by atoms with Gasteiger partial charge < -0.3 is 10.1 Å². The maximum Gasteiger partial charge on any atom is 0.270 e. The largest absolute Gasteiger partial charge is 0.383 e. The number of aryl methyl sites for hydroxylation is 1. The Labute approximate surface area is 115 Å². The molecule has 0 radical (unpaired) electrons. The number of hydrogen-bond acceptors (Lipinski definition) is 4. The number of rotatable bonds is 6. The highest BCUT2D eigenvalue weighted by atomic mass is 35.5. The highest BCUT2D eigenvalue weighted by Gasteiger charge is 2.16. The van der Waals surface area contributed by atoms with E-state index in [0.29, 0.717) is 5.56 Å². The van der Waals surface area contributed by atoms with E-state index in [1.54, 1.807) is 13.0 Å². The molecule has 19 heavy (non-hydrogen) atoms. The minimum Gasteiger partial charge on any atom is -0.383 e. The maximum absolute atomic E-state index is 12.0. The highest BCUT2D eigenvalue weighted by molar-refractivity contribution is 6.18. The normalized spacial score (nSPS) is 11.9. The molecule has 0 saturated heterocycles. The Morgan fingerprint density at radius 3 is 2.74 bits per heavy atom. The molecule has 0 aliphatic rings. The fourth-order valence-corrected chi connectivity index (χ4v) is 1.76. The fourth-order valence-electron chi connectivity index (χ4n) is 1.59. The maximum atomic E-state index is 12.0. The minimum absolute atomic E-state index is 0.112. The van der Waals surface area contributed by atoms with Crippen LogP contribution in [0.25, 0.3) is 0 Å². The van der Waals surface area contributed by atoms with Crippen molar-refractivity contribution in [2.24, 2.45) is 0 Å². The SMILES string of the molecule is COCC(CCl)NC(=O)c1cc(C)cc([N+](=O)[O-])c1. The molecule has 6 nitrogen and oxygen atoms in total. The van der Waals surface area contributed by atoms with Crippen molar-refractivity contribution >= 4 is 23.2 Å². The van der Waals surface area contributed by atoms with E-state index in [9.17, 15) is 14.9 Å². The van der Waals surface area contributed by atoms with Crippen molar-refractivity contribution in [3.8, 4) is 0 Å². The standard InChI is InChI=1S/C12H15ClN2O4/c1-8-3-9(5-11(4-8)15(17)18)12(16)14-10(6-13)7-19-2/h3-5,10H,6-7H2,1-2H3,(H,14,16). The summed E-state index contributed by atoms with van der Waals surface area (Å²) in [5.74, 6) is -0.206. The molecule has 1 rings (SSSR count). The summed E-state index contributed by atoms with van der Waals surface area (Å²) in [6, 6.07) is 3.89. The number of methoxy groups -OCH3 is 1. The van der Waals surface area contributed by atoms with E-state index in [4.69, 9.17) is 16.3 Å². The van der Waals surface area contributed by atoms with Gasteiger partial charge in [0.05, 0.1) is 17.6 Å². The average Bonchev–Trinajstić information content (AvgIpc) is 2.37. The first-order valence-corrected chi connectivity index (χ1v) is 6.13. The van der Waals surface area contributed by atoms with E-state index >= 15 is 0 Å². The summed E-state index contributed by atoms with van der Waals surface area (Å²) in [7, 11) is 1.50. The fraction of sp³-hybridized carbons (Fsp3) is 0.417. The average molecular weight is 287 g/mol. The number of carbonyl (C=O) groups excluding carboxylic acids is 1. The van der Waals surface area contributed by atoms with E-state index in [1.165, 1.54) is 19.2 Å². The molecule has 0 bridgehead atoms. The molecule has 0 heterocycles. The number of amides is 1. The monoisotopic (exact) mass is 286 g/mol. The smallest absolute Gasteiger partial charge is 0.270 e. The second-order valence-electron chi connectivity index (χ2n) is 4.09. The van der Waals surface area contributed by atoms with Crippen LogP contribution in [-0.2, 0) is 4.74 Å². The summed E-state index contributed by atoms with van der Waals surface area (Å²) >= 11 is 5.69. The van der Waals surface area contributed by atoms with Gasteiger partial charge in [-0.3, -0.25) is 14.9 Å². The molecule has 1 aromatic carbocycles. The molecule has 1 unspecified atom stereocenters. The number of ether oxygens (including phenoxy) is 1. The van der Waals surface area contributed by atoms with Crippen LogP contribution in [0.3, 0.4) is 0 Å². The first-order valence-electron chi connectivity index (χ1n) is 5.59. The molecule has 1 amide bonds. The van der Waals surface area contributed by atoms with Crippen LogP contribution in [0.5, 0.6) is 0 Å². The van der Waals surface area contributed by atoms with Gasteiger partial charge >= 0.3 is 0 Å². The lowest BCUT2D eigenvalue weighted by Gasteiger charge is -2.15. The van der Waals surface area contributed by atoms with E-state index < -0.39 is 10.8 Å². The molecule has 0 aromatic heterocycles. The number of nitrogens with zero attached hydrogens (tertiary/aromatic N) is 1. The van der Waals surface area contributed by atoms with Crippen LogP contribution in [0.4, 0.5) is 5.69 Å². The zero-order chi connectivity index (χ0) is 14.4. The van der Waals surface area contributed by atoms with Crippen LogP contribution in [0, 0.1) is 17.0 Å². The third-order valence-electron chi connectivity index (χ3n) is 2.42. The van der Waals surface area contributed by atoms with Gasteiger partial charge in [-0.1, -0.05) is 0 Å². The lowest BCUT2D eigenvalue weighted by atomic mass is 10.1. The van der Waals surface area contributed by atoms with Gasteiger partial charge in [0.2, 0.25) is 0 Å². The van der Waals surface area contributed by atoms with Crippen LogP contribution in [-0.4, -0.2) is 36.5 Å². The number of nitrogens with one attached hydrogen (secondary N) is 1. The van der Waals surface area contributed by atoms with Crippen LogP contribution >= 0.6 is 11.6 Å². The summed E-state index contributed by atoms with van der Waals surface area (Å²) in [6.07, 6.45) is 0. The molecule has 0 aliphatic carbocycles. The molecular weight excluding hydrogens is 272 g/mol. The second-order valence-corrected chi connectivity index (χ2v) is 4.40. The van der Waals surface area contributed by atoms with Crippen molar-refractivity contribution in [2.45, 2.75) is 13.0 Å². The summed E-state index contributed by atoms with van der Waals surface area (Å²) in [5, 5.41) is 13.4. The van der Waals surface area contributed by atoms with Crippen molar-refractivity contribution in [3.63, 3.8) is 0 Å². The highest BCUT2D eigenvalue weighted by Crippen LogP contribution is 2.16. The number of hydrogen-bond donors (Lipinski definition) is 1. The minimum atomic E-state index is -0.530. The van der Waals surface area contributed by atoms with Gasteiger partial charge in [0.15, 0.2) is 0 Å². The molecule has 1 aromatic rings. The predicted molar refractivity (Wildman–Crippen MR) is 71.7 cm³/mol. The van der Waals surface area contributed by atoms with Crippen molar-refractivity contribution in [1.29, 1.82) is 0 Å². The van der Waals surface area contributed by atoms with E-state index in [2.05, 4.69) is 5.32 Å². The van der Waals surface area contributed by atoms with E-state index in [1.807, 2.05) is 0 Å². The number of halogens is 1. The van der Waals surface area contributed by atoms with Gasteiger partial charge in [0, 0.05) is 30.7 Å². The quantitative estimate of drug-likeness (QED) is 0.492. The third-order valence-corrected chi connectivity index (χ3v) is 2.80. The zero-order valence-electron chi connectivity index (χ0n) is 10.7. The van der Waals surface area contributed by atoms with Gasteiger partial charge in [-0.2, -0.15) is 0 Å². The summed E-state index contributed by atoms with van der Waals surface area (Å²) in [6.45, 7) is 1.97. The zero-order valence-corrected chi connectivity index (χ0v) is 11.4. The van der Waals surface area contributed by atoms with Crippen molar-refractivity contribution in [2.75, 3.05) is 19.6 Å². The van der Waals surface area contributed by atoms with Gasteiger partial charge in [-0.15, -0.1) is 11.6 Å². The Balaban J connectivity index is 2.90. The van der Waals surface area contributed by atoms with Crippen molar-refractivity contribution < 1.29 is 14.5 Å². The van der Waals surface area contributed by atoms with E-state index in [-0.39, 0.29) is 29.8 Å². The lowest BCUT2D eigenvalue weighted by Crippen LogP contribution is -2.39. The second kappa shape index (κ2) is 7.06. The first kappa shape index (κ1) is 15.4. The van der Waals surface area contributed by atoms with Crippen LogP contribution < -0.4 is 5.32 Å². The van der Waals surface area contributed by atoms with Gasteiger partial charge in [0.1, 0.15) is 0 Å². The van der Waals surface area contributed by atoms with Crippen LogP contribution in [0.1, 0.15) is 15.9 Å². The predicted octanol–water partition coefficient (Wildman–Crippen LogP) is 1.89. The Hall–Kier alpha value is -1.66. The Morgan fingerprint density at radius 2 is 2.21 bits per heavy atom. The number of carbonyl (C=O) groups is 1. The summed E-state index contributed by atoms with van der Waals surface area (Å²) < 4.78 is 4.91. The molecule has 1 atom stereocenters. The van der Waals surface area contributed by atoms with Crippen LogP contribution in [0.15, 0.2) is 18.2 Å². The van der Waals surface area contributed by atoms with Crippen LogP contribution in [0.2, 0.25) is 0 Å². The van der Waals surface area contributed by atoms with Gasteiger partial charge in [-0.05, 0) is 18.6 Å². The van der Waals surface area contributed by atoms with Crippen molar-refractivity contribution in [3.05, 3.63) is 39.4 Å². The number of non-ortho nitro benzene ring substituents is 1. The number of nitro groups is 1. The molecule has 104 valence electrons. The third kappa shape index (κ3) is 4.50. The number of nitro benzene ring substituents is 1. The molecular formula is C12H15ClN2O4. The Kier molecular flexibility index (Phi) is 5.72. The Bertz CT molecular complexity index is 479. The number of alkyl halides is 1. The molecule has 0 aliphatic heterocycles. The summed E-state index contributed by atoms with van der Waals surface area (Å²) in [4.78, 5) is 22.2. The molecule has 0 spiro atoms. The van der Waals surface area contributed by atoms with Gasteiger partial charge in [0.25, 0.3) is 11.6 Å². The topological polar surface area (TPSA) is 81.5 Å². The van der Waals surface area contributed by atoms with Crippen molar-refractivity contribution in [1.82, 2.24) is 5.32 Å². The first-order chi connectivity index (χ1) is 8.97. The molecule has 1 N–H and O–H groups in total. The number of benzene rings is 1. The molecule has 0 fully saturated rings. The lowest BCUT2D eigenvalue weighted by molar-refractivity contribution is -0.384. The molecule has 7 heteroatoms. The van der Waals surface area contributed by atoms with E-state index in [0.717, 1.165) is 0 Å².